The van der Waals surface area contributed by atoms with E-state index >= 15 is 0 Å². The van der Waals surface area contributed by atoms with Gasteiger partial charge in [-0.05, 0) is 36.8 Å². The van der Waals surface area contributed by atoms with Crippen molar-refractivity contribution >= 4 is 57.0 Å². The van der Waals surface area contributed by atoms with Crippen LogP contribution in [0.25, 0.3) is 11.3 Å². The third-order valence-corrected chi connectivity index (χ3v) is 5.20. The Bertz CT molecular complexity index is 942. The summed E-state index contributed by atoms with van der Waals surface area (Å²) in [6, 6.07) is 12.9. The standard InChI is InChI=1S/C20H19Cl2N3OS/c1-2-3-7-19(26)23-15-6-4-5-13(10-15)18-12-27-20(25-18)24-17-11-14(21)8-9-16(17)22/h4-6,8-12H,2-3,7H2,1H3,(H,23,26)(H,24,25). The van der Waals surface area contributed by atoms with E-state index in [-0.39, 0.29) is 5.91 Å². The molecule has 140 valence electrons. The predicted molar refractivity (Wildman–Crippen MR) is 115 cm³/mol. The van der Waals surface area contributed by atoms with Crippen LogP contribution in [0, 0.1) is 0 Å². The summed E-state index contributed by atoms with van der Waals surface area (Å²) >= 11 is 13.7. The van der Waals surface area contributed by atoms with Gasteiger partial charge in [0.15, 0.2) is 5.13 Å². The van der Waals surface area contributed by atoms with Crippen molar-refractivity contribution in [3.63, 3.8) is 0 Å². The number of hydrogen-bond donors (Lipinski definition) is 2. The van der Waals surface area contributed by atoms with Crippen molar-refractivity contribution in [2.45, 2.75) is 26.2 Å². The Hall–Kier alpha value is -2.08. The average molecular weight is 420 g/mol. The molecule has 4 nitrogen and oxygen atoms in total. The zero-order valence-electron chi connectivity index (χ0n) is 14.8. The molecule has 7 heteroatoms. The van der Waals surface area contributed by atoms with Crippen molar-refractivity contribution in [2.75, 3.05) is 10.6 Å². The Kier molecular flexibility index (Phi) is 6.72. The highest BCUT2D eigenvalue weighted by atomic mass is 35.5. The zero-order valence-corrected chi connectivity index (χ0v) is 17.1. The Morgan fingerprint density at radius 3 is 2.85 bits per heavy atom. The Morgan fingerprint density at radius 1 is 1.19 bits per heavy atom. The molecular formula is C20H19Cl2N3OS. The normalized spacial score (nSPS) is 10.6. The number of nitrogens with one attached hydrogen (secondary N) is 2. The maximum atomic E-state index is 11.9. The Labute approximate surface area is 172 Å². The molecule has 1 amide bonds. The topological polar surface area (TPSA) is 54.0 Å². The van der Waals surface area contributed by atoms with Crippen LogP contribution in [-0.4, -0.2) is 10.9 Å². The van der Waals surface area contributed by atoms with E-state index in [2.05, 4.69) is 22.5 Å². The number of anilines is 3. The van der Waals surface area contributed by atoms with Gasteiger partial charge in [-0.1, -0.05) is 48.7 Å². The number of thiazole rings is 1. The van der Waals surface area contributed by atoms with E-state index in [4.69, 9.17) is 23.2 Å². The molecule has 0 fully saturated rings. The summed E-state index contributed by atoms with van der Waals surface area (Å²) in [5.41, 5.74) is 3.24. The fourth-order valence-corrected chi connectivity index (χ4v) is 3.56. The zero-order chi connectivity index (χ0) is 19.2. The van der Waals surface area contributed by atoms with Crippen LogP contribution in [0.4, 0.5) is 16.5 Å². The van der Waals surface area contributed by atoms with Crippen molar-refractivity contribution < 1.29 is 4.79 Å². The van der Waals surface area contributed by atoms with Gasteiger partial charge in [0.25, 0.3) is 0 Å². The number of nitrogens with zero attached hydrogens (tertiary/aromatic N) is 1. The van der Waals surface area contributed by atoms with Gasteiger partial charge in [-0.3, -0.25) is 4.79 Å². The molecule has 1 heterocycles. The number of unbranched alkanes of at least 4 members (excludes halogenated alkanes) is 1. The molecule has 0 unspecified atom stereocenters. The minimum absolute atomic E-state index is 0.0326. The summed E-state index contributed by atoms with van der Waals surface area (Å²) in [7, 11) is 0. The highest BCUT2D eigenvalue weighted by Crippen LogP contribution is 2.32. The number of carbonyl (C=O) groups excluding carboxylic acids is 1. The first kappa shape index (κ1) is 19.7. The second-order valence-electron chi connectivity index (χ2n) is 6.02. The van der Waals surface area contributed by atoms with E-state index in [1.807, 2.05) is 29.6 Å². The van der Waals surface area contributed by atoms with Gasteiger partial charge in [-0.2, -0.15) is 0 Å². The number of aromatic nitrogens is 1. The minimum atomic E-state index is 0.0326. The van der Waals surface area contributed by atoms with E-state index in [0.29, 0.717) is 27.3 Å². The quantitative estimate of drug-likeness (QED) is 0.433. The van der Waals surface area contributed by atoms with Crippen LogP contribution in [0.3, 0.4) is 0 Å². The highest BCUT2D eigenvalue weighted by Gasteiger charge is 2.09. The largest absolute Gasteiger partial charge is 0.330 e. The van der Waals surface area contributed by atoms with Gasteiger partial charge in [0.05, 0.1) is 16.4 Å². The third kappa shape index (κ3) is 5.45. The molecule has 0 bridgehead atoms. The summed E-state index contributed by atoms with van der Waals surface area (Å²) in [5, 5.41) is 9.98. The molecule has 1 aromatic heterocycles. The van der Waals surface area contributed by atoms with E-state index in [1.165, 1.54) is 11.3 Å². The Morgan fingerprint density at radius 2 is 2.04 bits per heavy atom. The number of hydrogen-bond acceptors (Lipinski definition) is 4. The molecule has 3 aromatic rings. The number of halogens is 2. The molecule has 0 aliphatic carbocycles. The molecule has 2 N–H and O–H groups in total. The smallest absolute Gasteiger partial charge is 0.224 e. The minimum Gasteiger partial charge on any atom is -0.330 e. The summed E-state index contributed by atoms with van der Waals surface area (Å²) in [6.07, 6.45) is 2.42. The summed E-state index contributed by atoms with van der Waals surface area (Å²) in [6.45, 7) is 2.07. The number of rotatable bonds is 7. The van der Waals surface area contributed by atoms with Crippen LogP contribution >= 0.6 is 34.5 Å². The van der Waals surface area contributed by atoms with Gasteiger partial charge in [0.1, 0.15) is 0 Å². The second kappa shape index (κ2) is 9.22. The van der Waals surface area contributed by atoms with Crippen molar-refractivity contribution in [2.24, 2.45) is 0 Å². The van der Waals surface area contributed by atoms with Crippen LogP contribution in [0.1, 0.15) is 26.2 Å². The Balaban J connectivity index is 1.73. The first-order valence-electron chi connectivity index (χ1n) is 8.63. The van der Waals surface area contributed by atoms with Gasteiger partial charge < -0.3 is 10.6 Å². The van der Waals surface area contributed by atoms with Crippen LogP contribution in [0.5, 0.6) is 0 Å². The summed E-state index contributed by atoms with van der Waals surface area (Å²) < 4.78 is 0. The average Bonchev–Trinajstić information content (AvgIpc) is 3.12. The molecule has 2 aromatic carbocycles. The molecule has 3 rings (SSSR count). The first-order chi connectivity index (χ1) is 13.0. The number of amides is 1. The lowest BCUT2D eigenvalue weighted by Crippen LogP contribution is -2.10. The van der Waals surface area contributed by atoms with Crippen molar-refractivity contribution in [1.82, 2.24) is 4.98 Å². The van der Waals surface area contributed by atoms with Gasteiger partial charge in [0, 0.05) is 28.1 Å². The lowest BCUT2D eigenvalue weighted by Gasteiger charge is -2.07. The lowest BCUT2D eigenvalue weighted by atomic mass is 10.1. The van der Waals surface area contributed by atoms with Crippen LogP contribution in [0.15, 0.2) is 47.8 Å². The van der Waals surface area contributed by atoms with E-state index in [1.54, 1.807) is 18.2 Å². The lowest BCUT2D eigenvalue weighted by molar-refractivity contribution is -0.116. The predicted octanol–water partition coefficient (Wildman–Crippen LogP) is 6.99. The maximum Gasteiger partial charge on any atom is 0.224 e. The summed E-state index contributed by atoms with van der Waals surface area (Å²) in [4.78, 5) is 16.5. The number of carbonyl (C=O) groups is 1. The molecule has 27 heavy (non-hydrogen) atoms. The van der Waals surface area contributed by atoms with Gasteiger partial charge in [-0.15, -0.1) is 11.3 Å². The fraction of sp³-hybridized carbons (Fsp3) is 0.200. The monoisotopic (exact) mass is 419 g/mol. The van der Waals surface area contributed by atoms with Gasteiger partial charge >= 0.3 is 0 Å². The molecule has 0 aliphatic rings. The van der Waals surface area contributed by atoms with Crippen LogP contribution in [0.2, 0.25) is 10.0 Å². The van der Waals surface area contributed by atoms with Crippen LogP contribution in [-0.2, 0) is 4.79 Å². The second-order valence-corrected chi connectivity index (χ2v) is 7.72. The molecule has 0 saturated carbocycles. The van der Waals surface area contributed by atoms with E-state index < -0.39 is 0 Å². The van der Waals surface area contributed by atoms with Gasteiger partial charge in [-0.25, -0.2) is 4.98 Å². The van der Waals surface area contributed by atoms with Crippen molar-refractivity contribution in [3.8, 4) is 11.3 Å². The third-order valence-electron chi connectivity index (χ3n) is 3.87. The highest BCUT2D eigenvalue weighted by molar-refractivity contribution is 7.14. The molecule has 0 saturated heterocycles. The first-order valence-corrected chi connectivity index (χ1v) is 10.3. The van der Waals surface area contributed by atoms with Crippen molar-refractivity contribution in [3.05, 3.63) is 57.9 Å². The fourth-order valence-electron chi connectivity index (χ4n) is 2.49. The molecule has 0 atom stereocenters. The van der Waals surface area contributed by atoms with Crippen LogP contribution < -0.4 is 10.6 Å². The van der Waals surface area contributed by atoms with Crippen molar-refractivity contribution in [1.29, 1.82) is 0 Å². The van der Waals surface area contributed by atoms with E-state index in [0.717, 1.165) is 29.8 Å². The van der Waals surface area contributed by atoms with E-state index in [9.17, 15) is 4.79 Å². The maximum absolute atomic E-state index is 11.9. The van der Waals surface area contributed by atoms with Gasteiger partial charge in [0.2, 0.25) is 5.91 Å². The molecule has 0 aliphatic heterocycles. The summed E-state index contributed by atoms with van der Waals surface area (Å²) in [5.74, 6) is 0.0326. The number of benzene rings is 2. The molecule has 0 radical (unpaired) electrons. The molecule has 0 spiro atoms. The SMILES string of the molecule is CCCCC(=O)Nc1cccc(-c2csc(Nc3cc(Cl)ccc3Cl)n2)c1. The molecular weight excluding hydrogens is 401 g/mol.